The molecule has 0 saturated carbocycles. The minimum Gasteiger partial charge on any atom is -0.487 e. The molecule has 0 fully saturated rings. The average Bonchev–Trinajstić information content (AvgIpc) is 3.07. The first-order valence-electron chi connectivity index (χ1n) is 11.4. The van der Waals surface area contributed by atoms with Gasteiger partial charge in [-0.05, 0) is 56.7 Å². The van der Waals surface area contributed by atoms with Crippen LogP contribution in [0.5, 0.6) is 5.75 Å². The quantitative estimate of drug-likeness (QED) is 0.442. The Morgan fingerprint density at radius 2 is 1.84 bits per heavy atom. The topological polar surface area (TPSA) is 106 Å². The molecule has 1 aromatic carbocycles. The molecule has 9 nitrogen and oxygen atoms in total. The summed E-state index contributed by atoms with van der Waals surface area (Å²) < 4.78 is 46.1. The van der Waals surface area contributed by atoms with Gasteiger partial charge in [-0.15, -0.1) is 0 Å². The first-order valence-corrected chi connectivity index (χ1v) is 11.4. The van der Waals surface area contributed by atoms with Gasteiger partial charge >= 0.3 is 6.18 Å². The standard InChI is InChI=1S/C25H23F3N6O3/c1-13-11-14(22-29-12-16-15(31-22)6-8-18(30-16)25(26,27)28)5-7-17(13)34-9-10-37-20-19(23(34)35)33(4)32-21(20)24(2,3)36/h5-8,11-12,36H,9-10H2,1-4H3. The summed E-state index contributed by atoms with van der Waals surface area (Å²) in [6, 6.07) is 7.46. The van der Waals surface area contributed by atoms with Gasteiger partial charge in [0.15, 0.2) is 17.3 Å². The van der Waals surface area contributed by atoms with Crippen molar-refractivity contribution < 1.29 is 27.8 Å². The Kier molecular flexibility index (Phi) is 5.66. The van der Waals surface area contributed by atoms with Gasteiger partial charge in [0.05, 0.1) is 18.3 Å². The highest BCUT2D eigenvalue weighted by atomic mass is 19.4. The number of rotatable bonds is 3. The highest BCUT2D eigenvalue weighted by Gasteiger charge is 2.36. The monoisotopic (exact) mass is 512 g/mol. The number of anilines is 1. The first kappa shape index (κ1) is 24.6. The molecule has 5 rings (SSSR count). The van der Waals surface area contributed by atoms with E-state index < -0.39 is 17.5 Å². The van der Waals surface area contributed by atoms with E-state index in [-0.39, 0.29) is 47.2 Å². The number of amides is 1. The summed E-state index contributed by atoms with van der Waals surface area (Å²) in [4.78, 5) is 27.3. The van der Waals surface area contributed by atoms with E-state index in [0.29, 0.717) is 17.1 Å². The van der Waals surface area contributed by atoms with Crippen LogP contribution in [0.4, 0.5) is 18.9 Å². The van der Waals surface area contributed by atoms with Crippen molar-refractivity contribution in [3.63, 3.8) is 0 Å². The van der Waals surface area contributed by atoms with Gasteiger partial charge in [-0.3, -0.25) is 9.48 Å². The Bertz CT molecular complexity index is 1540. The van der Waals surface area contributed by atoms with E-state index in [1.807, 2.05) is 6.92 Å². The number of aliphatic hydroxyl groups is 1. The fourth-order valence-corrected chi connectivity index (χ4v) is 4.29. The molecule has 37 heavy (non-hydrogen) atoms. The molecule has 3 aromatic heterocycles. The van der Waals surface area contributed by atoms with Crippen LogP contribution in [0.3, 0.4) is 0 Å². The number of fused-ring (bicyclic) bond motifs is 2. The minimum atomic E-state index is -4.55. The Hall–Kier alpha value is -4.06. The molecule has 0 atom stereocenters. The van der Waals surface area contributed by atoms with Crippen molar-refractivity contribution in [2.24, 2.45) is 7.05 Å². The Morgan fingerprint density at radius 3 is 2.51 bits per heavy atom. The van der Waals surface area contributed by atoms with Crippen LogP contribution < -0.4 is 9.64 Å². The van der Waals surface area contributed by atoms with Crippen molar-refractivity contribution in [1.82, 2.24) is 24.7 Å². The first-order chi connectivity index (χ1) is 17.3. The van der Waals surface area contributed by atoms with E-state index in [9.17, 15) is 23.1 Å². The number of ether oxygens (including phenoxy) is 1. The molecule has 0 radical (unpaired) electrons. The second kappa shape index (κ2) is 8.51. The second-order valence-electron chi connectivity index (χ2n) is 9.31. The Morgan fingerprint density at radius 1 is 1.08 bits per heavy atom. The van der Waals surface area contributed by atoms with Crippen LogP contribution in [0.25, 0.3) is 22.4 Å². The fourth-order valence-electron chi connectivity index (χ4n) is 4.29. The molecule has 0 unspecified atom stereocenters. The maximum absolute atomic E-state index is 13.5. The number of hydrogen-bond donors (Lipinski definition) is 1. The number of pyridine rings is 1. The molecule has 12 heteroatoms. The van der Waals surface area contributed by atoms with Gasteiger partial charge in [0, 0.05) is 18.3 Å². The molecule has 0 aliphatic carbocycles. The lowest BCUT2D eigenvalue weighted by molar-refractivity contribution is -0.140. The summed E-state index contributed by atoms with van der Waals surface area (Å²) in [5.41, 5.74) is 0.592. The molecule has 1 amide bonds. The maximum Gasteiger partial charge on any atom is 0.433 e. The van der Waals surface area contributed by atoms with E-state index in [0.717, 1.165) is 11.6 Å². The molecule has 4 aromatic rings. The van der Waals surface area contributed by atoms with Crippen molar-refractivity contribution in [3.8, 4) is 17.1 Å². The molecule has 0 saturated heterocycles. The number of hydrogen-bond acceptors (Lipinski definition) is 7. The highest BCUT2D eigenvalue weighted by Crippen LogP contribution is 2.36. The number of carbonyl (C=O) groups is 1. The Labute approximate surface area is 209 Å². The number of nitrogens with zero attached hydrogens (tertiary/aromatic N) is 6. The van der Waals surface area contributed by atoms with Gasteiger partial charge in [0.25, 0.3) is 5.91 Å². The van der Waals surface area contributed by atoms with Gasteiger partial charge in [-0.2, -0.15) is 18.3 Å². The lowest BCUT2D eigenvalue weighted by atomic mass is 10.0. The maximum atomic E-state index is 13.5. The molecular weight excluding hydrogens is 489 g/mol. The summed E-state index contributed by atoms with van der Waals surface area (Å²) in [5.74, 6) is 0.268. The molecule has 1 aliphatic heterocycles. The van der Waals surface area contributed by atoms with E-state index in [1.165, 1.54) is 16.9 Å². The zero-order valence-corrected chi connectivity index (χ0v) is 20.5. The third-order valence-electron chi connectivity index (χ3n) is 6.07. The van der Waals surface area contributed by atoms with Gasteiger partial charge in [-0.25, -0.2) is 15.0 Å². The van der Waals surface area contributed by atoms with Crippen molar-refractivity contribution in [2.75, 3.05) is 18.1 Å². The Balaban J connectivity index is 1.48. The summed E-state index contributed by atoms with van der Waals surface area (Å²) in [5, 5.41) is 14.8. The average molecular weight is 512 g/mol. The molecular formula is C25H23F3N6O3. The van der Waals surface area contributed by atoms with Crippen LogP contribution in [0, 0.1) is 6.92 Å². The zero-order valence-electron chi connectivity index (χ0n) is 20.5. The number of aromatic nitrogens is 5. The summed E-state index contributed by atoms with van der Waals surface area (Å²) in [6.07, 6.45) is -3.29. The predicted octanol–water partition coefficient (Wildman–Crippen LogP) is 4.02. The largest absolute Gasteiger partial charge is 0.487 e. The lowest BCUT2D eigenvalue weighted by Gasteiger charge is -2.22. The predicted molar refractivity (Wildman–Crippen MR) is 128 cm³/mol. The van der Waals surface area contributed by atoms with Crippen molar-refractivity contribution in [1.29, 1.82) is 0 Å². The van der Waals surface area contributed by atoms with Crippen LogP contribution >= 0.6 is 0 Å². The summed E-state index contributed by atoms with van der Waals surface area (Å²) in [6.45, 7) is 5.47. The number of alkyl halides is 3. The molecule has 0 bridgehead atoms. The summed E-state index contributed by atoms with van der Waals surface area (Å²) >= 11 is 0. The third-order valence-corrected chi connectivity index (χ3v) is 6.07. The van der Waals surface area contributed by atoms with E-state index in [4.69, 9.17) is 4.74 Å². The zero-order chi connectivity index (χ0) is 26.7. The van der Waals surface area contributed by atoms with Crippen LogP contribution in [0.1, 0.15) is 41.3 Å². The molecule has 1 N–H and O–H groups in total. The smallest absolute Gasteiger partial charge is 0.433 e. The highest BCUT2D eigenvalue weighted by molar-refractivity contribution is 6.07. The van der Waals surface area contributed by atoms with Gasteiger partial charge in [-0.1, -0.05) is 0 Å². The molecule has 0 spiro atoms. The van der Waals surface area contributed by atoms with Crippen LogP contribution in [0.2, 0.25) is 0 Å². The molecule has 1 aliphatic rings. The minimum absolute atomic E-state index is 0.0412. The van der Waals surface area contributed by atoms with Gasteiger partial charge in [0.1, 0.15) is 29.1 Å². The van der Waals surface area contributed by atoms with Crippen LogP contribution in [-0.4, -0.2) is 48.9 Å². The van der Waals surface area contributed by atoms with E-state index in [1.54, 1.807) is 44.0 Å². The van der Waals surface area contributed by atoms with Crippen molar-refractivity contribution in [2.45, 2.75) is 32.5 Å². The molecule has 4 heterocycles. The van der Waals surface area contributed by atoms with Crippen molar-refractivity contribution >= 4 is 22.6 Å². The van der Waals surface area contributed by atoms with Gasteiger partial charge < -0.3 is 14.7 Å². The number of halogens is 3. The number of carbonyl (C=O) groups excluding carboxylic acids is 1. The van der Waals surface area contributed by atoms with Crippen molar-refractivity contribution in [3.05, 3.63) is 59.2 Å². The normalized spacial score (nSPS) is 14.5. The third kappa shape index (κ3) is 4.37. The van der Waals surface area contributed by atoms with Crippen LogP contribution in [0.15, 0.2) is 36.5 Å². The fraction of sp³-hybridized carbons (Fsp3) is 0.320. The van der Waals surface area contributed by atoms with Crippen LogP contribution in [-0.2, 0) is 18.8 Å². The van der Waals surface area contributed by atoms with E-state index >= 15 is 0 Å². The number of aryl methyl sites for hydroxylation is 2. The van der Waals surface area contributed by atoms with E-state index in [2.05, 4.69) is 20.1 Å². The summed E-state index contributed by atoms with van der Waals surface area (Å²) in [7, 11) is 1.62. The second-order valence-corrected chi connectivity index (χ2v) is 9.31. The lowest BCUT2D eigenvalue weighted by Crippen LogP contribution is -2.34. The SMILES string of the molecule is Cc1cc(-c2ncc3nc(C(F)(F)F)ccc3n2)ccc1N1CCOc2c(C(C)(C)O)nn(C)c2C1=O. The molecule has 192 valence electrons. The van der Waals surface area contributed by atoms with Gasteiger partial charge in [0.2, 0.25) is 0 Å². The number of benzene rings is 1.